The average Bonchev–Trinajstić information content (AvgIpc) is 3.09. The van der Waals surface area contributed by atoms with Gasteiger partial charge in [-0.3, -0.25) is 0 Å². The Bertz CT molecular complexity index is 212. The molecule has 4 heteroatoms. The summed E-state index contributed by atoms with van der Waals surface area (Å²) in [5, 5.41) is 13.8. The summed E-state index contributed by atoms with van der Waals surface area (Å²) in [6.45, 7) is 2.77. The molecule has 0 bridgehead atoms. The molecule has 0 radical (unpaired) electrons. The van der Waals surface area contributed by atoms with E-state index in [2.05, 4.69) is 5.32 Å². The van der Waals surface area contributed by atoms with Crippen LogP contribution in [0.1, 0.15) is 25.7 Å². The molecule has 0 spiro atoms. The minimum Gasteiger partial charge on any atom is -0.388 e. The highest BCUT2D eigenvalue weighted by Crippen LogP contribution is 2.33. The lowest BCUT2D eigenvalue weighted by Gasteiger charge is -2.33. The van der Waals surface area contributed by atoms with Crippen molar-refractivity contribution in [3.8, 4) is 0 Å². The number of aliphatic hydroxyl groups is 1. The molecule has 16 heavy (non-hydrogen) atoms. The quantitative estimate of drug-likeness (QED) is 0.698. The van der Waals surface area contributed by atoms with Gasteiger partial charge in [0.25, 0.3) is 0 Å². The van der Waals surface area contributed by atoms with E-state index in [0.717, 1.165) is 25.4 Å². The second kappa shape index (κ2) is 5.45. The molecule has 0 aromatic heterocycles. The Labute approximate surface area is 97.3 Å². The lowest BCUT2D eigenvalue weighted by atomic mass is 9.94. The van der Waals surface area contributed by atoms with Crippen molar-refractivity contribution in [2.24, 2.45) is 5.92 Å². The molecule has 1 aliphatic carbocycles. The van der Waals surface area contributed by atoms with Crippen LogP contribution in [0.25, 0.3) is 0 Å². The third-order valence-electron chi connectivity index (χ3n) is 3.65. The third-order valence-corrected chi connectivity index (χ3v) is 3.65. The average molecular weight is 229 g/mol. The molecular weight excluding hydrogens is 206 g/mol. The summed E-state index contributed by atoms with van der Waals surface area (Å²) < 4.78 is 10.5. The predicted octanol–water partition coefficient (Wildman–Crippen LogP) is 0.542. The molecule has 1 unspecified atom stereocenters. The Hall–Kier alpha value is -0.160. The van der Waals surface area contributed by atoms with Crippen LogP contribution >= 0.6 is 0 Å². The maximum Gasteiger partial charge on any atom is 0.0815 e. The standard InChI is InChI=1S/C12H23NO3/c1-15-8-11(10-2-3-10)13-9-12(14)4-6-16-7-5-12/h10-11,13-14H,2-9H2,1H3. The molecule has 94 valence electrons. The predicted molar refractivity (Wildman–Crippen MR) is 61.4 cm³/mol. The summed E-state index contributed by atoms with van der Waals surface area (Å²) in [4.78, 5) is 0. The van der Waals surface area contributed by atoms with Gasteiger partial charge < -0.3 is 19.9 Å². The summed E-state index contributed by atoms with van der Waals surface area (Å²) >= 11 is 0. The fourth-order valence-corrected chi connectivity index (χ4v) is 2.29. The maximum absolute atomic E-state index is 10.3. The molecule has 2 fully saturated rings. The van der Waals surface area contributed by atoms with E-state index in [9.17, 15) is 5.11 Å². The lowest BCUT2D eigenvalue weighted by molar-refractivity contribution is -0.0639. The van der Waals surface area contributed by atoms with Crippen LogP contribution in [0.2, 0.25) is 0 Å². The zero-order valence-electron chi connectivity index (χ0n) is 10.1. The van der Waals surface area contributed by atoms with Gasteiger partial charge in [0.05, 0.1) is 12.2 Å². The highest BCUT2D eigenvalue weighted by Gasteiger charge is 2.34. The first-order valence-corrected chi connectivity index (χ1v) is 6.26. The van der Waals surface area contributed by atoms with Gasteiger partial charge in [0.15, 0.2) is 0 Å². The van der Waals surface area contributed by atoms with Crippen LogP contribution in [0, 0.1) is 5.92 Å². The molecule has 1 heterocycles. The second-order valence-corrected chi connectivity index (χ2v) is 5.12. The SMILES string of the molecule is COCC(NCC1(O)CCOCC1)C1CC1. The Kier molecular flexibility index (Phi) is 4.19. The maximum atomic E-state index is 10.3. The summed E-state index contributed by atoms with van der Waals surface area (Å²) in [6, 6.07) is 0.414. The highest BCUT2D eigenvalue weighted by atomic mass is 16.5. The van der Waals surface area contributed by atoms with Crippen molar-refractivity contribution in [3.05, 3.63) is 0 Å². The van der Waals surface area contributed by atoms with Crippen LogP contribution in [0.5, 0.6) is 0 Å². The normalized spacial score (nSPS) is 26.6. The smallest absolute Gasteiger partial charge is 0.0815 e. The topological polar surface area (TPSA) is 50.7 Å². The Morgan fingerprint density at radius 2 is 2.12 bits per heavy atom. The van der Waals surface area contributed by atoms with Gasteiger partial charge >= 0.3 is 0 Å². The molecule has 4 nitrogen and oxygen atoms in total. The number of hydrogen-bond acceptors (Lipinski definition) is 4. The molecule has 0 aromatic carbocycles. The fourth-order valence-electron chi connectivity index (χ4n) is 2.29. The molecule has 0 amide bonds. The zero-order valence-corrected chi connectivity index (χ0v) is 10.1. The minimum atomic E-state index is -0.570. The summed E-state index contributed by atoms with van der Waals surface area (Å²) in [5.74, 6) is 0.753. The summed E-state index contributed by atoms with van der Waals surface area (Å²) in [5.41, 5.74) is -0.570. The van der Waals surface area contributed by atoms with Gasteiger partial charge in [0.1, 0.15) is 0 Å². The van der Waals surface area contributed by atoms with Gasteiger partial charge in [-0.15, -0.1) is 0 Å². The number of nitrogens with one attached hydrogen (secondary N) is 1. The zero-order chi connectivity index (χ0) is 11.4. The van der Waals surface area contributed by atoms with E-state index in [0.29, 0.717) is 25.8 Å². The molecule has 2 N–H and O–H groups in total. The molecule has 1 aliphatic heterocycles. The number of rotatable bonds is 6. The van der Waals surface area contributed by atoms with Gasteiger partial charge in [-0.2, -0.15) is 0 Å². The van der Waals surface area contributed by atoms with Gasteiger partial charge in [-0.1, -0.05) is 0 Å². The fraction of sp³-hybridized carbons (Fsp3) is 1.00. The monoisotopic (exact) mass is 229 g/mol. The van der Waals surface area contributed by atoms with Crippen molar-refractivity contribution in [3.63, 3.8) is 0 Å². The van der Waals surface area contributed by atoms with Crippen molar-refractivity contribution in [2.45, 2.75) is 37.3 Å². The van der Waals surface area contributed by atoms with Crippen LogP contribution in [-0.2, 0) is 9.47 Å². The number of methoxy groups -OCH3 is 1. The lowest BCUT2D eigenvalue weighted by Crippen LogP contribution is -2.49. The first kappa shape index (κ1) is 12.3. The largest absolute Gasteiger partial charge is 0.388 e. The van der Waals surface area contributed by atoms with Crippen molar-refractivity contribution < 1.29 is 14.6 Å². The summed E-state index contributed by atoms with van der Waals surface area (Å²) in [6.07, 6.45) is 4.07. The van der Waals surface area contributed by atoms with E-state index in [1.165, 1.54) is 12.8 Å². The van der Waals surface area contributed by atoms with Gasteiger partial charge in [0, 0.05) is 45.8 Å². The Balaban J connectivity index is 1.75. The van der Waals surface area contributed by atoms with Crippen LogP contribution < -0.4 is 5.32 Å². The first-order chi connectivity index (χ1) is 7.73. The molecule has 1 saturated carbocycles. The molecule has 1 saturated heterocycles. The van der Waals surface area contributed by atoms with Crippen LogP contribution in [0.3, 0.4) is 0 Å². The molecular formula is C12H23NO3. The third kappa shape index (κ3) is 3.42. The van der Waals surface area contributed by atoms with Crippen LogP contribution in [0.4, 0.5) is 0 Å². The van der Waals surface area contributed by atoms with Gasteiger partial charge in [-0.05, 0) is 18.8 Å². The number of hydrogen-bond donors (Lipinski definition) is 2. The van der Waals surface area contributed by atoms with Crippen LogP contribution in [0.15, 0.2) is 0 Å². The van der Waals surface area contributed by atoms with Crippen LogP contribution in [-0.4, -0.2) is 50.2 Å². The molecule has 1 atom stereocenters. The van der Waals surface area contributed by atoms with Crippen molar-refractivity contribution in [1.82, 2.24) is 5.32 Å². The van der Waals surface area contributed by atoms with Crippen molar-refractivity contribution in [2.75, 3.05) is 33.5 Å². The Morgan fingerprint density at radius 3 is 2.69 bits per heavy atom. The summed E-state index contributed by atoms with van der Waals surface area (Å²) in [7, 11) is 1.74. The van der Waals surface area contributed by atoms with Gasteiger partial charge in [0.2, 0.25) is 0 Å². The van der Waals surface area contributed by atoms with E-state index in [1.807, 2.05) is 0 Å². The number of ether oxygens (including phenoxy) is 2. The van der Waals surface area contributed by atoms with Gasteiger partial charge in [-0.25, -0.2) is 0 Å². The molecule has 2 aliphatic rings. The highest BCUT2D eigenvalue weighted by molar-refractivity contribution is 4.90. The van der Waals surface area contributed by atoms with Crippen molar-refractivity contribution in [1.29, 1.82) is 0 Å². The van der Waals surface area contributed by atoms with E-state index in [1.54, 1.807) is 7.11 Å². The van der Waals surface area contributed by atoms with E-state index >= 15 is 0 Å². The first-order valence-electron chi connectivity index (χ1n) is 6.26. The van der Waals surface area contributed by atoms with E-state index in [4.69, 9.17) is 9.47 Å². The Morgan fingerprint density at radius 1 is 1.44 bits per heavy atom. The van der Waals surface area contributed by atoms with Crippen molar-refractivity contribution >= 4 is 0 Å². The minimum absolute atomic E-state index is 0.414. The second-order valence-electron chi connectivity index (χ2n) is 5.12. The molecule has 2 rings (SSSR count). The molecule has 0 aromatic rings. The van der Waals surface area contributed by atoms with E-state index in [-0.39, 0.29) is 0 Å². The van der Waals surface area contributed by atoms with E-state index < -0.39 is 5.60 Å².